The lowest BCUT2D eigenvalue weighted by Crippen LogP contribution is -2.18. The lowest BCUT2D eigenvalue weighted by atomic mass is 9.94. The van der Waals surface area contributed by atoms with Crippen LogP contribution >= 0.6 is 0 Å². The normalized spacial score (nSPS) is 21.3. The number of hydrogen-bond acceptors (Lipinski definition) is 2. The molecule has 2 nitrogen and oxygen atoms in total. The van der Waals surface area contributed by atoms with Crippen LogP contribution in [0.15, 0.2) is 0 Å². The molecule has 0 spiro atoms. The van der Waals surface area contributed by atoms with Crippen molar-refractivity contribution in [2.75, 3.05) is 13.2 Å². The van der Waals surface area contributed by atoms with Crippen molar-refractivity contribution in [3.05, 3.63) is 34.6 Å². The molecule has 0 amide bonds. The minimum atomic E-state index is -2.23. The standard InChI is InChI=1S/C11H9F5O2/c12-6-5(11(17)4-1-2-18-3-4)7(13)9(15)10(16)8(6)14/h4,11,17H,1-3H2. The third kappa shape index (κ3) is 1.97. The molecule has 1 saturated heterocycles. The highest BCUT2D eigenvalue weighted by Gasteiger charge is 2.34. The molecular weight excluding hydrogens is 259 g/mol. The monoisotopic (exact) mass is 268 g/mol. The fourth-order valence-electron chi connectivity index (χ4n) is 1.92. The van der Waals surface area contributed by atoms with E-state index in [0.717, 1.165) is 0 Å². The van der Waals surface area contributed by atoms with E-state index < -0.39 is 46.7 Å². The number of aliphatic hydroxyl groups excluding tert-OH is 1. The summed E-state index contributed by atoms with van der Waals surface area (Å²) < 4.78 is 70.4. The Morgan fingerprint density at radius 3 is 1.89 bits per heavy atom. The van der Waals surface area contributed by atoms with E-state index in [1.807, 2.05) is 0 Å². The van der Waals surface area contributed by atoms with Gasteiger partial charge in [-0.2, -0.15) is 0 Å². The summed E-state index contributed by atoms with van der Waals surface area (Å²) in [5, 5.41) is 9.71. The van der Waals surface area contributed by atoms with Gasteiger partial charge in [0.15, 0.2) is 23.3 Å². The average Bonchev–Trinajstić information content (AvgIpc) is 2.88. The second-order valence-corrected chi connectivity index (χ2v) is 4.05. The Hall–Kier alpha value is -1.21. The molecule has 7 heteroatoms. The van der Waals surface area contributed by atoms with Crippen LogP contribution in [0.25, 0.3) is 0 Å². The van der Waals surface area contributed by atoms with Crippen LogP contribution in [-0.2, 0) is 4.74 Å². The summed E-state index contributed by atoms with van der Waals surface area (Å²) in [6.07, 6.45) is -1.49. The minimum absolute atomic E-state index is 0.0145. The molecule has 100 valence electrons. The predicted molar refractivity (Wildman–Crippen MR) is 50.1 cm³/mol. The maximum atomic E-state index is 13.4. The Morgan fingerprint density at radius 2 is 1.44 bits per heavy atom. The van der Waals surface area contributed by atoms with E-state index in [2.05, 4.69) is 0 Å². The van der Waals surface area contributed by atoms with E-state index in [0.29, 0.717) is 6.42 Å². The highest BCUT2D eigenvalue weighted by molar-refractivity contribution is 5.26. The molecule has 0 bridgehead atoms. The molecule has 0 aromatic heterocycles. The molecule has 1 aromatic carbocycles. The first-order valence-corrected chi connectivity index (χ1v) is 5.22. The molecule has 1 heterocycles. The molecule has 2 unspecified atom stereocenters. The summed E-state index contributed by atoms with van der Waals surface area (Å²) >= 11 is 0. The Kier molecular flexibility index (Phi) is 3.54. The first-order valence-electron chi connectivity index (χ1n) is 5.22. The number of ether oxygens (including phenoxy) is 1. The van der Waals surface area contributed by atoms with Crippen LogP contribution in [0.2, 0.25) is 0 Å². The second kappa shape index (κ2) is 4.81. The van der Waals surface area contributed by atoms with Crippen LogP contribution in [0.3, 0.4) is 0 Å². The summed E-state index contributed by atoms with van der Waals surface area (Å²) in [5.41, 5.74) is -1.19. The van der Waals surface area contributed by atoms with Gasteiger partial charge in [0.2, 0.25) is 5.82 Å². The highest BCUT2D eigenvalue weighted by atomic mass is 19.2. The number of hydrogen-bond donors (Lipinski definition) is 1. The summed E-state index contributed by atoms with van der Waals surface area (Å²) in [4.78, 5) is 0. The van der Waals surface area contributed by atoms with Crippen LogP contribution in [0.4, 0.5) is 22.0 Å². The van der Waals surface area contributed by atoms with Gasteiger partial charge in [0, 0.05) is 12.5 Å². The number of benzene rings is 1. The van der Waals surface area contributed by atoms with E-state index >= 15 is 0 Å². The van der Waals surface area contributed by atoms with E-state index in [4.69, 9.17) is 4.74 Å². The van der Waals surface area contributed by atoms with Crippen LogP contribution in [0, 0.1) is 35.0 Å². The quantitative estimate of drug-likeness (QED) is 0.507. The lowest BCUT2D eigenvalue weighted by Gasteiger charge is -2.18. The fourth-order valence-corrected chi connectivity index (χ4v) is 1.92. The Balaban J connectivity index is 2.49. The molecule has 1 aliphatic rings. The van der Waals surface area contributed by atoms with Crippen molar-refractivity contribution in [2.24, 2.45) is 5.92 Å². The highest BCUT2D eigenvalue weighted by Crippen LogP contribution is 2.34. The van der Waals surface area contributed by atoms with Crippen molar-refractivity contribution in [2.45, 2.75) is 12.5 Å². The molecule has 0 radical (unpaired) electrons. The predicted octanol–water partition coefficient (Wildman–Crippen LogP) is 2.45. The second-order valence-electron chi connectivity index (χ2n) is 4.05. The number of aliphatic hydroxyl groups is 1. The molecular formula is C11H9F5O2. The molecule has 2 rings (SSSR count). The zero-order chi connectivity index (χ0) is 13.4. The van der Waals surface area contributed by atoms with Crippen LogP contribution in [-0.4, -0.2) is 18.3 Å². The van der Waals surface area contributed by atoms with Gasteiger partial charge < -0.3 is 9.84 Å². The molecule has 1 fully saturated rings. The Labute approximate surface area is 99.0 Å². The molecule has 1 aromatic rings. The van der Waals surface area contributed by atoms with E-state index in [1.165, 1.54) is 0 Å². The minimum Gasteiger partial charge on any atom is -0.388 e. The van der Waals surface area contributed by atoms with Gasteiger partial charge in [-0.15, -0.1) is 0 Å². The van der Waals surface area contributed by atoms with Crippen molar-refractivity contribution in [1.29, 1.82) is 0 Å². The maximum Gasteiger partial charge on any atom is 0.200 e. The molecule has 1 aliphatic heterocycles. The van der Waals surface area contributed by atoms with Crippen molar-refractivity contribution in [3.63, 3.8) is 0 Å². The summed E-state index contributed by atoms with van der Waals surface area (Å²) in [6, 6.07) is 0. The average molecular weight is 268 g/mol. The topological polar surface area (TPSA) is 29.5 Å². The van der Waals surface area contributed by atoms with Crippen LogP contribution in [0.1, 0.15) is 18.1 Å². The number of halogens is 5. The summed E-state index contributed by atoms with van der Waals surface area (Å²) in [7, 11) is 0. The third-order valence-electron chi connectivity index (χ3n) is 2.95. The van der Waals surface area contributed by atoms with Crippen LogP contribution < -0.4 is 0 Å². The Morgan fingerprint density at radius 1 is 0.944 bits per heavy atom. The molecule has 1 N–H and O–H groups in total. The fraction of sp³-hybridized carbons (Fsp3) is 0.455. The van der Waals surface area contributed by atoms with Gasteiger partial charge in [0.1, 0.15) is 0 Å². The zero-order valence-electron chi connectivity index (χ0n) is 9.02. The van der Waals surface area contributed by atoms with E-state index in [9.17, 15) is 27.1 Å². The van der Waals surface area contributed by atoms with Gasteiger partial charge in [0.05, 0.1) is 18.3 Å². The van der Waals surface area contributed by atoms with E-state index in [-0.39, 0.29) is 13.2 Å². The third-order valence-corrected chi connectivity index (χ3v) is 2.95. The zero-order valence-corrected chi connectivity index (χ0v) is 9.02. The van der Waals surface area contributed by atoms with Crippen molar-refractivity contribution >= 4 is 0 Å². The molecule has 0 aliphatic carbocycles. The SMILES string of the molecule is OC(c1c(F)c(F)c(F)c(F)c1F)C1CCOC1. The van der Waals surface area contributed by atoms with Crippen molar-refractivity contribution in [1.82, 2.24) is 0 Å². The summed E-state index contributed by atoms with van der Waals surface area (Å²) in [5.74, 6) is -11.0. The van der Waals surface area contributed by atoms with Crippen molar-refractivity contribution < 1.29 is 31.8 Å². The summed E-state index contributed by atoms with van der Waals surface area (Å²) in [6.45, 7) is 0.289. The van der Waals surface area contributed by atoms with Gasteiger partial charge in [-0.05, 0) is 6.42 Å². The Bertz CT molecular complexity index is 442. The maximum absolute atomic E-state index is 13.4. The molecule has 18 heavy (non-hydrogen) atoms. The smallest absolute Gasteiger partial charge is 0.200 e. The van der Waals surface area contributed by atoms with Gasteiger partial charge in [-0.25, -0.2) is 22.0 Å². The van der Waals surface area contributed by atoms with Gasteiger partial charge in [-0.1, -0.05) is 0 Å². The van der Waals surface area contributed by atoms with E-state index in [1.54, 1.807) is 0 Å². The largest absolute Gasteiger partial charge is 0.388 e. The first-order chi connectivity index (χ1) is 8.45. The molecule has 2 atom stereocenters. The van der Waals surface area contributed by atoms with Gasteiger partial charge in [0.25, 0.3) is 0 Å². The van der Waals surface area contributed by atoms with Crippen molar-refractivity contribution in [3.8, 4) is 0 Å². The molecule has 0 saturated carbocycles. The number of rotatable bonds is 2. The lowest BCUT2D eigenvalue weighted by molar-refractivity contribution is 0.0838. The van der Waals surface area contributed by atoms with Crippen LogP contribution in [0.5, 0.6) is 0 Å². The first kappa shape index (κ1) is 13.2. The van der Waals surface area contributed by atoms with Gasteiger partial charge in [-0.3, -0.25) is 0 Å². The van der Waals surface area contributed by atoms with Gasteiger partial charge >= 0.3 is 0 Å².